The Morgan fingerprint density at radius 3 is 2.58 bits per heavy atom. The van der Waals surface area contributed by atoms with E-state index in [-0.39, 0.29) is 18.4 Å². The van der Waals surface area contributed by atoms with E-state index in [0.29, 0.717) is 16.2 Å². The summed E-state index contributed by atoms with van der Waals surface area (Å²) in [7, 11) is 0. The van der Waals surface area contributed by atoms with Gasteiger partial charge in [-0.25, -0.2) is 4.79 Å². The van der Waals surface area contributed by atoms with E-state index >= 15 is 0 Å². The van der Waals surface area contributed by atoms with E-state index in [4.69, 9.17) is 16.3 Å². The number of halogens is 1. The highest BCUT2D eigenvalue weighted by Gasteiger charge is 2.44. The maximum absolute atomic E-state index is 13.3. The molecule has 1 aromatic rings. The molecule has 1 N–H and O–H groups in total. The molecule has 0 radical (unpaired) electrons. The van der Waals surface area contributed by atoms with Crippen molar-refractivity contribution in [2.45, 2.75) is 46.5 Å². The Hall–Kier alpha value is -2.07. The molecule has 1 atom stereocenters. The Morgan fingerprint density at radius 2 is 1.96 bits per heavy atom. The number of hydrogen-bond donors (Lipinski definition) is 1. The number of dihydropyridines is 1. The maximum Gasteiger partial charge on any atom is 0.336 e. The number of rotatable bonds is 3. The summed E-state index contributed by atoms with van der Waals surface area (Å²) in [6, 6.07) is 7.33. The molecule has 26 heavy (non-hydrogen) atoms. The fraction of sp³-hybridized carbons (Fsp3) is 0.429. The van der Waals surface area contributed by atoms with Gasteiger partial charge in [0.1, 0.15) is 0 Å². The molecule has 0 saturated heterocycles. The highest BCUT2D eigenvalue weighted by molar-refractivity contribution is 6.30. The average Bonchev–Trinajstić information content (AvgIpc) is 2.58. The Bertz CT molecular complexity index is 818. The third kappa shape index (κ3) is 3.18. The molecule has 0 fully saturated rings. The van der Waals surface area contributed by atoms with E-state index in [1.807, 2.05) is 32.9 Å². The molecular weight excluding hydrogens is 350 g/mol. The molecule has 0 saturated carbocycles. The SMILES string of the molecule is CCOC(=O)C1=C(C)NC2=C(C(=O)C(C)(C)CC2)C1c1ccc(Cl)cc1. The quantitative estimate of drug-likeness (QED) is 0.792. The zero-order chi connectivity index (χ0) is 19.1. The van der Waals surface area contributed by atoms with Crippen LogP contribution in [0.4, 0.5) is 0 Å². The molecule has 138 valence electrons. The van der Waals surface area contributed by atoms with Gasteiger partial charge in [-0.2, -0.15) is 0 Å². The molecule has 1 aliphatic heterocycles. The van der Waals surface area contributed by atoms with Crippen LogP contribution in [0.25, 0.3) is 0 Å². The van der Waals surface area contributed by atoms with Crippen molar-refractivity contribution >= 4 is 23.4 Å². The van der Waals surface area contributed by atoms with E-state index in [0.717, 1.165) is 29.8 Å². The lowest BCUT2D eigenvalue weighted by molar-refractivity contribution is -0.138. The number of benzene rings is 1. The van der Waals surface area contributed by atoms with Gasteiger partial charge in [-0.3, -0.25) is 4.79 Å². The highest BCUT2D eigenvalue weighted by atomic mass is 35.5. The van der Waals surface area contributed by atoms with Crippen molar-refractivity contribution in [3.05, 3.63) is 57.4 Å². The lowest BCUT2D eigenvalue weighted by Gasteiger charge is -2.39. The van der Waals surface area contributed by atoms with Gasteiger partial charge in [0.25, 0.3) is 0 Å². The Labute approximate surface area is 159 Å². The minimum Gasteiger partial charge on any atom is -0.463 e. The van der Waals surface area contributed by atoms with E-state index in [1.54, 1.807) is 19.1 Å². The van der Waals surface area contributed by atoms with Crippen molar-refractivity contribution in [1.29, 1.82) is 0 Å². The number of hydrogen-bond acceptors (Lipinski definition) is 4. The van der Waals surface area contributed by atoms with Gasteiger partial charge >= 0.3 is 5.97 Å². The standard InChI is InChI=1S/C21H24ClNO3/c1-5-26-20(25)16-12(2)23-15-10-11-21(3,4)19(24)18(15)17(16)13-6-8-14(22)9-7-13/h6-9,17,23H,5,10-11H2,1-4H3. The van der Waals surface area contributed by atoms with Gasteiger partial charge in [-0.1, -0.05) is 37.6 Å². The number of allylic oxidation sites excluding steroid dienone is 3. The molecule has 3 rings (SSSR count). The first-order chi connectivity index (χ1) is 12.3. The summed E-state index contributed by atoms with van der Waals surface area (Å²) in [4.78, 5) is 26.0. The topological polar surface area (TPSA) is 55.4 Å². The van der Waals surface area contributed by atoms with Crippen LogP contribution in [0.2, 0.25) is 5.02 Å². The fourth-order valence-corrected chi connectivity index (χ4v) is 3.87. The normalized spacial score (nSPS) is 22.0. The number of carbonyl (C=O) groups excluding carboxylic acids is 2. The van der Waals surface area contributed by atoms with Crippen LogP contribution >= 0.6 is 11.6 Å². The second kappa shape index (κ2) is 6.92. The van der Waals surface area contributed by atoms with E-state index in [9.17, 15) is 9.59 Å². The maximum atomic E-state index is 13.3. The number of ether oxygens (including phenoxy) is 1. The first-order valence-corrected chi connectivity index (χ1v) is 9.32. The molecule has 1 aliphatic carbocycles. The average molecular weight is 374 g/mol. The molecule has 0 bridgehead atoms. The monoisotopic (exact) mass is 373 g/mol. The summed E-state index contributed by atoms with van der Waals surface area (Å²) in [5.41, 5.74) is 3.26. The van der Waals surface area contributed by atoms with Crippen molar-refractivity contribution in [3.8, 4) is 0 Å². The van der Waals surface area contributed by atoms with Crippen molar-refractivity contribution < 1.29 is 14.3 Å². The van der Waals surface area contributed by atoms with Crippen LogP contribution in [0.15, 0.2) is 46.8 Å². The first kappa shape index (κ1) is 18.7. The zero-order valence-electron chi connectivity index (χ0n) is 15.6. The lowest BCUT2D eigenvalue weighted by Crippen LogP contribution is -2.40. The number of ketones is 1. The van der Waals surface area contributed by atoms with Crippen molar-refractivity contribution in [1.82, 2.24) is 5.32 Å². The fourth-order valence-electron chi connectivity index (χ4n) is 3.75. The number of carbonyl (C=O) groups is 2. The van der Waals surface area contributed by atoms with E-state index < -0.39 is 11.3 Å². The predicted octanol–water partition coefficient (Wildman–Crippen LogP) is 4.51. The molecule has 1 heterocycles. The van der Waals surface area contributed by atoms with Crippen molar-refractivity contribution in [2.24, 2.45) is 5.41 Å². The molecule has 2 aliphatic rings. The summed E-state index contributed by atoms with van der Waals surface area (Å²) >= 11 is 6.04. The van der Waals surface area contributed by atoms with Crippen molar-refractivity contribution in [2.75, 3.05) is 6.61 Å². The number of Topliss-reactive ketones (excluding diaryl/α,β-unsaturated/α-hetero) is 1. The van der Waals surface area contributed by atoms with Crippen LogP contribution in [0.5, 0.6) is 0 Å². The summed E-state index contributed by atoms with van der Waals surface area (Å²) in [6.45, 7) is 7.86. The Kier molecular flexibility index (Phi) is 4.98. The summed E-state index contributed by atoms with van der Waals surface area (Å²) < 4.78 is 5.30. The predicted molar refractivity (Wildman–Crippen MR) is 102 cm³/mol. The van der Waals surface area contributed by atoms with Crippen LogP contribution < -0.4 is 5.32 Å². The van der Waals surface area contributed by atoms with Gasteiger partial charge in [0.15, 0.2) is 5.78 Å². The van der Waals surface area contributed by atoms with Crippen LogP contribution in [0, 0.1) is 5.41 Å². The zero-order valence-corrected chi connectivity index (χ0v) is 16.4. The Morgan fingerprint density at radius 1 is 1.31 bits per heavy atom. The number of nitrogens with one attached hydrogen (secondary N) is 1. The second-order valence-corrected chi connectivity index (χ2v) is 7.91. The summed E-state index contributed by atoms with van der Waals surface area (Å²) in [5.74, 6) is -0.740. The third-order valence-electron chi connectivity index (χ3n) is 5.20. The van der Waals surface area contributed by atoms with Crippen LogP contribution in [-0.4, -0.2) is 18.4 Å². The third-order valence-corrected chi connectivity index (χ3v) is 5.45. The summed E-state index contributed by atoms with van der Waals surface area (Å²) in [5, 5.41) is 3.91. The van der Waals surface area contributed by atoms with Crippen LogP contribution in [0.3, 0.4) is 0 Å². The molecule has 0 amide bonds. The van der Waals surface area contributed by atoms with Gasteiger partial charge in [-0.15, -0.1) is 0 Å². The van der Waals surface area contributed by atoms with E-state index in [2.05, 4.69) is 5.32 Å². The van der Waals surface area contributed by atoms with Gasteiger partial charge in [0.05, 0.1) is 12.2 Å². The van der Waals surface area contributed by atoms with Crippen LogP contribution in [-0.2, 0) is 14.3 Å². The smallest absolute Gasteiger partial charge is 0.336 e. The second-order valence-electron chi connectivity index (χ2n) is 7.47. The van der Waals surface area contributed by atoms with Crippen LogP contribution in [0.1, 0.15) is 52.0 Å². The molecule has 4 nitrogen and oxygen atoms in total. The van der Waals surface area contributed by atoms with Gasteiger partial charge < -0.3 is 10.1 Å². The lowest BCUT2D eigenvalue weighted by atomic mass is 9.67. The molecule has 5 heteroatoms. The van der Waals surface area contributed by atoms with Gasteiger partial charge in [0, 0.05) is 33.3 Å². The van der Waals surface area contributed by atoms with E-state index in [1.165, 1.54) is 0 Å². The largest absolute Gasteiger partial charge is 0.463 e. The highest BCUT2D eigenvalue weighted by Crippen LogP contribution is 2.47. The molecule has 0 aromatic heterocycles. The molecular formula is C21H24ClNO3. The number of esters is 1. The van der Waals surface area contributed by atoms with Crippen molar-refractivity contribution in [3.63, 3.8) is 0 Å². The molecule has 1 unspecified atom stereocenters. The summed E-state index contributed by atoms with van der Waals surface area (Å²) in [6.07, 6.45) is 1.57. The first-order valence-electron chi connectivity index (χ1n) is 8.94. The van der Waals surface area contributed by atoms with Gasteiger partial charge in [-0.05, 0) is 44.4 Å². The Balaban J connectivity index is 2.18. The molecule has 0 spiro atoms. The minimum atomic E-state index is -0.448. The minimum absolute atomic E-state index is 0.0838. The molecule has 1 aromatic carbocycles. The van der Waals surface area contributed by atoms with Gasteiger partial charge in [0.2, 0.25) is 0 Å².